The second-order valence-electron chi connectivity index (χ2n) is 4.82. The highest BCUT2D eigenvalue weighted by Crippen LogP contribution is 2.30. The van der Waals surface area contributed by atoms with Gasteiger partial charge in [-0.1, -0.05) is 35.3 Å². The van der Waals surface area contributed by atoms with Crippen LogP contribution in [0.1, 0.15) is 23.7 Å². The Balaban J connectivity index is 2.21. The van der Waals surface area contributed by atoms with E-state index in [2.05, 4.69) is 4.98 Å². The fourth-order valence-corrected chi connectivity index (χ4v) is 2.70. The summed E-state index contributed by atoms with van der Waals surface area (Å²) < 4.78 is 0. The van der Waals surface area contributed by atoms with Gasteiger partial charge in [0.15, 0.2) is 0 Å². The van der Waals surface area contributed by atoms with Gasteiger partial charge in [0, 0.05) is 11.9 Å². The third-order valence-electron chi connectivity index (χ3n) is 3.39. The van der Waals surface area contributed by atoms with Crippen LogP contribution in [0.5, 0.6) is 0 Å². The maximum atomic E-state index is 12.0. The zero-order valence-corrected chi connectivity index (χ0v) is 12.8. The topological polar surface area (TPSA) is 33.2 Å². The molecule has 1 aliphatic heterocycles. The summed E-state index contributed by atoms with van der Waals surface area (Å²) >= 11 is 12.0. The highest BCUT2D eigenvalue weighted by Gasteiger charge is 2.19. The lowest BCUT2D eigenvalue weighted by molar-refractivity contribution is -0.116. The van der Waals surface area contributed by atoms with Gasteiger partial charge in [0.1, 0.15) is 5.15 Å². The third-order valence-corrected chi connectivity index (χ3v) is 3.83. The van der Waals surface area contributed by atoms with Gasteiger partial charge in [-0.25, -0.2) is 4.98 Å². The first kappa shape index (κ1) is 14.1. The van der Waals surface area contributed by atoms with Gasteiger partial charge in [-0.2, -0.15) is 0 Å². The molecule has 2 aromatic rings. The number of amides is 1. The van der Waals surface area contributed by atoms with Gasteiger partial charge in [-0.3, -0.25) is 4.79 Å². The lowest BCUT2D eigenvalue weighted by Gasteiger charge is -2.25. The molecule has 1 aliphatic rings. The molecule has 0 bridgehead atoms. The van der Waals surface area contributed by atoms with Crippen LogP contribution in [-0.4, -0.2) is 10.9 Å². The zero-order valence-electron chi connectivity index (χ0n) is 11.3. The van der Waals surface area contributed by atoms with Crippen molar-refractivity contribution in [1.29, 1.82) is 0 Å². The lowest BCUT2D eigenvalue weighted by Crippen LogP contribution is -2.29. The summed E-state index contributed by atoms with van der Waals surface area (Å²) in [6, 6.07) is 9.10. The number of aromatic nitrogens is 1. The monoisotopic (exact) mass is 318 g/mol. The highest BCUT2D eigenvalue weighted by molar-refractivity contribution is 6.31. The SMILES string of the molecule is CC(=O)N1Cc2ccc(Cl)nc2/C=C\c2cc(Cl)ccc21. The normalized spacial score (nSPS) is 14.7. The maximum absolute atomic E-state index is 12.0. The van der Waals surface area contributed by atoms with E-state index in [0.29, 0.717) is 16.7 Å². The van der Waals surface area contributed by atoms with Crippen LogP contribution in [0.25, 0.3) is 12.2 Å². The summed E-state index contributed by atoms with van der Waals surface area (Å²) in [5.74, 6) is -0.0326. The van der Waals surface area contributed by atoms with E-state index in [0.717, 1.165) is 22.5 Å². The quantitative estimate of drug-likeness (QED) is 0.673. The molecule has 3 nitrogen and oxygen atoms in total. The predicted octanol–water partition coefficient (Wildman–Crippen LogP) is 4.43. The summed E-state index contributed by atoms with van der Waals surface area (Å²) in [7, 11) is 0. The predicted molar refractivity (Wildman–Crippen MR) is 86.5 cm³/mol. The van der Waals surface area contributed by atoms with E-state index in [1.807, 2.05) is 30.4 Å². The fraction of sp³-hybridized carbons (Fsp3) is 0.125. The number of fused-ring (bicyclic) bond motifs is 2. The Morgan fingerprint density at radius 3 is 2.76 bits per heavy atom. The Labute approximate surface area is 132 Å². The average Bonchev–Trinajstić information content (AvgIpc) is 2.42. The molecule has 1 aromatic carbocycles. The number of carbonyl (C=O) groups excluding carboxylic acids is 1. The first-order valence-corrected chi connectivity index (χ1v) is 7.21. The molecule has 0 saturated heterocycles. The highest BCUT2D eigenvalue weighted by atomic mass is 35.5. The number of benzene rings is 1. The Bertz CT molecular complexity index is 756. The van der Waals surface area contributed by atoms with E-state index in [1.165, 1.54) is 0 Å². The van der Waals surface area contributed by atoms with Crippen LogP contribution in [0.15, 0.2) is 30.3 Å². The van der Waals surface area contributed by atoms with Crippen LogP contribution in [-0.2, 0) is 11.3 Å². The van der Waals surface area contributed by atoms with Gasteiger partial charge in [-0.05, 0) is 41.5 Å². The summed E-state index contributed by atoms with van der Waals surface area (Å²) in [4.78, 5) is 18.0. The standard InChI is InChI=1S/C16H12Cl2N2O/c1-10(21)20-9-12-3-7-16(18)19-14(12)5-2-11-8-13(17)4-6-15(11)20/h2-8H,9H2,1H3/b5-2-. The second kappa shape index (κ2) is 5.51. The van der Waals surface area contributed by atoms with Gasteiger partial charge in [-0.15, -0.1) is 0 Å². The maximum Gasteiger partial charge on any atom is 0.224 e. The number of pyridine rings is 1. The molecule has 3 rings (SSSR count). The molecule has 0 saturated carbocycles. The van der Waals surface area contributed by atoms with E-state index in [4.69, 9.17) is 23.2 Å². The van der Waals surface area contributed by atoms with Crippen LogP contribution >= 0.6 is 23.2 Å². The number of nitrogens with zero attached hydrogens (tertiary/aromatic N) is 2. The number of rotatable bonds is 0. The van der Waals surface area contributed by atoms with E-state index >= 15 is 0 Å². The van der Waals surface area contributed by atoms with Gasteiger partial charge >= 0.3 is 0 Å². The van der Waals surface area contributed by atoms with Crippen LogP contribution < -0.4 is 4.90 Å². The van der Waals surface area contributed by atoms with Crippen molar-refractivity contribution in [1.82, 2.24) is 4.98 Å². The van der Waals surface area contributed by atoms with Crippen LogP contribution in [0, 0.1) is 0 Å². The van der Waals surface area contributed by atoms with Crippen LogP contribution in [0.2, 0.25) is 10.2 Å². The molecule has 0 aliphatic carbocycles. The summed E-state index contributed by atoms with van der Waals surface area (Å²) in [5, 5.41) is 1.06. The molecule has 1 aromatic heterocycles. The minimum Gasteiger partial charge on any atom is -0.308 e. The van der Waals surface area contributed by atoms with Crippen molar-refractivity contribution in [3.8, 4) is 0 Å². The van der Waals surface area contributed by atoms with Crippen molar-refractivity contribution in [3.05, 3.63) is 57.3 Å². The Hall–Kier alpha value is -1.84. The molecule has 0 unspecified atom stereocenters. The summed E-state index contributed by atoms with van der Waals surface area (Å²) in [6.45, 7) is 2.00. The van der Waals surface area contributed by atoms with Crippen molar-refractivity contribution in [2.45, 2.75) is 13.5 Å². The van der Waals surface area contributed by atoms with Crippen molar-refractivity contribution in [2.24, 2.45) is 0 Å². The van der Waals surface area contributed by atoms with Crippen LogP contribution in [0.4, 0.5) is 5.69 Å². The molecule has 5 heteroatoms. The summed E-state index contributed by atoms with van der Waals surface area (Å²) in [6.07, 6.45) is 3.80. The molecule has 1 amide bonds. The first-order chi connectivity index (χ1) is 10.0. The lowest BCUT2D eigenvalue weighted by atomic mass is 10.0. The van der Waals surface area contributed by atoms with Crippen LogP contribution in [0.3, 0.4) is 0 Å². The van der Waals surface area contributed by atoms with Crippen molar-refractivity contribution in [3.63, 3.8) is 0 Å². The Morgan fingerprint density at radius 1 is 1.19 bits per heavy atom. The number of hydrogen-bond donors (Lipinski definition) is 0. The Morgan fingerprint density at radius 2 is 2.00 bits per heavy atom. The molecule has 106 valence electrons. The molecule has 0 radical (unpaired) electrons. The molecule has 0 fully saturated rings. The van der Waals surface area contributed by atoms with Gasteiger partial charge in [0.05, 0.1) is 17.9 Å². The van der Waals surface area contributed by atoms with Gasteiger partial charge in [0.25, 0.3) is 0 Å². The van der Waals surface area contributed by atoms with Gasteiger partial charge in [0.2, 0.25) is 5.91 Å². The minimum atomic E-state index is -0.0326. The number of anilines is 1. The number of halogens is 2. The molecular formula is C16H12Cl2N2O. The second-order valence-corrected chi connectivity index (χ2v) is 5.64. The number of carbonyl (C=O) groups is 1. The molecule has 0 N–H and O–H groups in total. The van der Waals surface area contributed by atoms with Crippen molar-refractivity contribution in [2.75, 3.05) is 4.90 Å². The number of hydrogen-bond acceptors (Lipinski definition) is 2. The van der Waals surface area contributed by atoms with E-state index in [1.54, 1.807) is 24.0 Å². The molecule has 21 heavy (non-hydrogen) atoms. The summed E-state index contributed by atoms with van der Waals surface area (Å²) in [5.41, 5.74) is 3.43. The first-order valence-electron chi connectivity index (χ1n) is 6.46. The zero-order chi connectivity index (χ0) is 15.0. The van der Waals surface area contributed by atoms with Gasteiger partial charge < -0.3 is 4.90 Å². The van der Waals surface area contributed by atoms with Crippen molar-refractivity contribution < 1.29 is 4.79 Å². The van der Waals surface area contributed by atoms with E-state index in [-0.39, 0.29) is 5.91 Å². The van der Waals surface area contributed by atoms with Crippen molar-refractivity contribution >= 4 is 46.9 Å². The molecule has 0 atom stereocenters. The smallest absolute Gasteiger partial charge is 0.224 e. The molecular weight excluding hydrogens is 307 g/mol. The van der Waals surface area contributed by atoms with E-state index in [9.17, 15) is 4.79 Å². The average molecular weight is 319 g/mol. The minimum absolute atomic E-state index is 0.0326. The molecule has 0 spiro atoms. The Kier molecular flexibility index (Phi) is 3.70. The fourth-order valence-electron chi connectivity index (χ4n) is 2.37. The molecule has 2 heterocycles. The largest absolute Gasteiger partial charge is 0.308 e. The third kappa shape index (κ3) is 2.80. The van der Waals surface area contributed by atoms with E-state index < -0.39 is 0 Å².